The third-order valence-electron chi connectivity index (χ3n) is 4.87. The van der Waals surface area contributed by atoms with Crippen LogP contribution in [0.5, 0.6) is 0 Å². The zero-order valence-electron chi connectivity index (χ0n) is 15.1. The average molecular weight is 497 g/mol. The first-order valence-corrected chi connectivity index (χ1v) is 11.2. The Morgan fingerprint density at radius 2 is 2.20 bits per heavy atom. The molecule has 1 unspecified atom stereocenters. The molecule has 25 heavy (non-hydrogen) atoms. The highest BCUT2D eigenvalue weighted by molar-refractivity contribution is 14.0. The van der Waals surface area contributed by atoms with E-state index in [4.69, 9.17) is 0 Å². The molecule has 1 atom stereocenters. The zero-order valence-corrected chi connectivity index (χ0v) is 19.1. The first-order valence-electron chi connectivity index (χ1n) is 8.54. The Morgan fingerprint density at radius 1 is 1.44 bits per heavy atom. The molecule has 1 aliphatic heterocycles. The summed E-state index contributed by atoms with van der Waals surface area (Å²) < 4.78 is 23.1. The monoisotopic (exact) mass is 497 g/mol. The zero-order chi connectivity index (χ0) is 17.4. The van der Waals surface area contributed by atoms with Gasteiger partial charge < -0.3 is 10.6 Å². The van der Waals surface area contributed by atoms with Crippen LogP contribution in [0.15, 0.2) is 11.1 Å². The Labute approximate surface area is 172 Å². The van der Waals surface area contributed by atoms with E-state index in [2.05, 4.69) is 35.5 Å². The fraction of sp³-hybridized carbons (Fsp3) is 0.706. The fourth-order valence-electron chi connectivity index (χ4n) is 3.50. The molecule has 0 bridgehead atoms. The van der Waals surface area contributed by atoms with Crippen LogP contribution in [-0.4, -0.2) is 39.0 Å². The molecule has 0 radical (unpaired) electrons. The van der Waals surface area contributed by atoms with Crippen molar-refractivity contribution in [3.05, 3.63) is 21.4 Å². The highest BCUT2D eigenvalue weighted by atomic mass is 127. The van der Waals surface area contributed by atoms with Gasteiger partial charge in [0.25, 0.3) is 0 Å². The molecular weight excluding hydrogens is 469 g/mol. The van der Waals surface area contributed by atoms with Gasteiger partial charge in [-0.1, -0.05) is 13.8 Å². The van der Waals surface area contributed by atoms with Crippen LogP contribution in [0.1, 0.15) is 42.0 Å². The van der Waals surface area contributed by atoms with E-state index in [1.807, 2.05) is 11.3 Å². The van der Waals surface area contributed by atoms with E-state index >= 15 is 0 Å². The maximum Gasteiger partial charge on any atom is 0.191 e. The number of hydrogen-bond donors (Lipinski definition) is 2. The number of aryl methyl sites for hydroxylation is 1. The molecule has 142 valence electrons. The molecule has 1 fully saturated rings. The van der Waals surface area contributed by atoms with E-state index < -0.39 is 9.84 Å². The Kier molecular flexibility index (Phi) is 6.81. The number of nitrogens with one attached hydrogen (secondary N) is 2. The molecule has 1 saturated heterocycles. The molecule has 1 aliphatic carbocycles. The smallest absolute Gasteiger partial charge is 0.191 e. The third kappa shape index (κ3) is 5.56. The molecule has 1 aromatic rings. The van der Waals surface area contributed by atoms with E-state index in [-0.39, 0.29) is 41.5 Å². The summed E-state index contributed by atoms with van der Waals surface area (Å²) in [5, 5.41) is 6.55. The second kappa shape index (κ2) is 8.12. The van der Waals surface area contributed by atoms with Gasteiger partial charge in [0.2, 0.25) is 0 Å². The molecule has 0 amide bonds. The predicted molar refractivity (Wildman–Crippen MR) is 116 cm³/mol. The van der Waals surface area contributed by atoms with Crippen molar-refractivity contribution in [1.29, 1.82) is 0 Å². The lowest BCUT2D eigenvalue weighted by atomic mass is 9.77. The average Bonchev–Trinajstić information content (AvgIpc) is 3.04. The number of sulfone groups is 1. The van der Waals surface area contributed by atoms with Crippen LogP contribution in [0.3, 0.4) is 0 Å². The molecule has 8 heteroatoms. The third-order valence-corrected chi connectivity index (χ3v) is 7.88. The van der Waals surface area contributed by atoms with Crippen molar-refractivity contribution >= 4 is 51.1 Å². The van der Waals surface area contributed by atoms with Crippen molar-refractivity contribution in [2.75, 3.05) is 18.6 Å². The molecule has 2 heterocycles. The first-order chi connectivity index (χ1) is 11.3. The Hall–Kier alpha value is -0.350. The van der Waals surface area contributed by atoms with Crippen molar-refractivity contribution in [1.82, 2.24) is 10.6 Å². The van der Waals surface area contributed by atoms with Gasteiger partial charge in [-0.25, -0.2) is 8.42 Å². The van der Waals surface area contributed by atoms with E-state index in [9.17, 15) is 8.42 Å². The van der Waals surface area contributed by atoms with E-state index in [1.165, 1.54) is 28.2 Å². The number of rotatable bonds is 3. The number of thiophene rings is 1. The number of hydrogen-bond acceptors (Lipinski definition) is 4. The number of nitrogens with zero attached hydrogens (tertiary/aromatic N) is 1. The quantitative estimate of drug-likeness (QED) is 0.383. The van der Waals surface area contributed by atoms with Crippen LogP contribution in [0.2, 0.25) is 0 Å². The predicted octanol–water partition coefficient (Wildman–Crippen LogP) is 2.73. The van der Waals surface area contributed by atoms with Gasteiger partial charge in [-0.2, -0.15) is 0 Å². The molecule has 2 aliphatic rings. The molecule has 3 rings (SSSR count). The standard InChI is InChI=1S/C17H27N3O2S2.HI/c1-17(2)6-4-15-12(9-17)8-14(23-15)10-19-16(18-3)20-13-5-7-24(21,22)11-13;/h8,13H,4-7,9-11H2,1-3H3,(H2,18,19,20);1H. The molecule has 0 saturated carbocycles. The number of halogens is 1. The van der Waals surface area contributed by atoms with Gasteiger partial charge in [0.1, 0.15) is 0 Å². The minimum absolute atomic E-state index is 0. The van der Waals surface area contributed by atoms with Gasteiger partial charge in [-0.05, 0) is 42.7 Å². The second-order valence-corrected chi connectivity index (χ2v) is 11.1. The van der Waals surface area contributed by atoms with Crippen LogP contribution < -0.4 is 10.6 Å². The molecule has 5 nitrogen and oxygen atoms in total. The van der Waals surface area contributed by atoms with Gasteiger partial charge in [0.05, 0.1) is 18.1 Å². The van der Waals surface area contributed by atoms with Crippen LogP contribution in [0, 0.1) is 5.41 Å². The summed E-state index contributed by atoms with van der Waals surface area (Å²) in [5.41, 5.74) is 1.91. The van der Waals surface area contributed by atoms with Crippen LogP contribution in [0.25, 0.3) is 0 Å². The molecular formula is C17H28IN3O2S2. The van der Waals surface area contributed by atoms with E-state index in [1.54, 1.807) is 7.05 Å². The molecule has 0 aromatic carbocycles. The van der Waals surface area contributed by atoms with Crippen molar-refractivity contribution in [2.24, 2.45) is 10.4 Å². The topological polar surface area (TPSA) is 70.6 Å². The van der Waals surface area contributed by atoms with Crippen molar-refractivity contribution in [3.8, 4) is 0 Å². The highest BCUT2D eigenvalue weighted by Gasteiger charge is 2.29. The maximum atomic E-state index is 11.6. The van der Waals surface area contributed by atoms with Crippen LogP contribution >= 0.6 is 35.3 Å². The maximum absolute atomic E-state index is 11.6. The van der Waals surface area contributed by atoms with Gasteiger partial charge in [-0.15, -0.1) is 35.3 Å². The normalized spacial score (nSPS) is 24.3. The van der Waals surface area contributed by atoms with Crippen molar-refractivity contribution in [2.45, 2.75) is 52.1 Å². The van der Waals surface area contributed by atoms with Gasteiger partial charge >= 0.3 is 0 Å². The van der Waals surface area contributed by atoms with Gasteiger partial charge in [0, 0.05) is 22.8 Å². The summed E-state index contributed by atoms with van der Waals surface area (Å²) >= 11 is 1.89. The largest absolute Gasteiger partial charge is 0.353 e. The van der Waals surface area contributed by atoms with Crippen LogP contribution in [0.4, 0.5) is 0 Å². The molecule has 2 N–H and O–H groups in total. The Morgan fingerprint density at radius 3 is 2.84 bits per heavy atom. The lowest BCUT2D eigenvalue weighted by Gasteiger charge is -2.29. The SMILES string of the molecule is CN=C(NCc1cc2c(s1)CCC(C)(C)C2)NC1CCS(=O)(=O)C1.I. The first kappa shape index (κ1) is 21.0. The Bertz CT molecular complexity index is 741. The number of guanidine groups is 1. The fourth-order valence-corrected chi connectivity index (χ4v) is 6.30. The summed E-state index contributed by atoms with van der Waals surface area (Å²) in [6, 6.07) is 2.29. The highest BCUT2D eigenvalue weighted by Crippen LogP contribution is 2.38. The summed E-state index contributed by atoms with van der Waals surface area (Å²) in [6.45, 7) is 5.41. The Balaban J connectivity index is 0.00000225. The van der Waals surface area contributed by atoms with Gasteiger partial charge in [0.15, 0.2) is 15.8 Å². The van der Waals surface area contributed by atoms with E-state index in [0.29, 0.717) is 17.8 Å². The number of fused-ring (bicyclic) bond motifs is 1. The second-order valence-electron chi connectivity index (χ2n) is 7.67. The van der Waals surface area contributed by atoms with Gasteiger partial charge in [-0.3, -0.25) is 4.99 Å². The summed E-state index contributed by atoms with van der Waals surface area (Å²) in [6.07, 6.45) is 4.25. The van der Waals surface area contributed by atoms with Crippen molar-refractivity contribution in [3.63, 3.8) is 0 Å². The summed E-state index contributed by atoms with van der Waals surface area (Å²) in [4.78, 5) is 7.07. The lowest BCUT2D eigenvalue weighted by Crippen LogP contribution is -2.43. The molecule has 1 aromatic heterocycles. The minimum atomic E-state index is -2.87. The minimum Gasteiger partial charge on any atom is -0.353 e. The van der Waals surface area contributed by atoms with E-state index in [0.717, 1.165) is 13.0 Å². The molecule has 0 spiro atoms. The summed E-state index contributed by atoms with van der Waals surface area (Å²) in [5.74, 6) is 1.16. The summed E-state index contributed by atoms with van der Waals surface area (Å²) in [7, 11) is -1.15. The number of aliphatic imine (C=N–C) groups is 1. The van der Waals surface area contributed by atoms with Crippen LogP contribution in [-0.2, 0) is 29.2 Å². The lowest BCUT2D eigenvalue weighted by molar-refractivity contribution is 0.318. The van der Waals surface area contributed by atoms with Crippen molar-refractivity contribution < 1.29 is 8.42 Å².